The van der Waals surface area contributed by atoms with E-state index in [4.69, 9.17) is 11.6 Å². The first-order chi connectivity index (χ1) is 10.8. The smallest absolute Gasteiger partial charge is 0.345 e. The topological polar surface area (TPSA) is 101 Å². The molecule has 0 aromatic heterocycles. The van der Waals surface area contributed by atoms with E-state index in [1.54, 1.807) is 0 Å². The summed E-state index contributed by atoms with van der Waals surface area (Å²) in [5.74, 6) is -0.888. The number of nitrogens with zero attached hydrogens (tertiary/aromatic N) is 2. The first-order valence-corrected chi connectivity index (χ1v) is 8.31. The molecule has 1 heterocycles. The summed E-state index contributed by atoms with van der Waals surface area (Å²) in [4.78, 5) is 33.0. The van der Waals surface area contributed by atoms with Gasteiger partial charge in [-0.05, 0) is 11.3 Å². The van der Waals surface area contributed by atoms with E-state index in [0.29, 0.717) is 5.56 Å². The monoisotopic (exact) mass is 358 g/mol. The first-order valence-electron chi connectivity index (χ1n) is 6.89. The lowest BCUT2D eigenvalue weighted by atomic mass is 10.00. The van der Waals surface area contributed by atoms with Crippen molar-refractivity contribution in [1.29, 1.82) is 0 Å². The Bertz CT molecular complexity index is 639. The maximum atomic E-state index is 11.9. The number of nitro benzene ring substituents is 1. The van der Waals surface area contributed by atoms with Crippen LogP contribution in [0.3, 0.4) is 0 Å². The van der Waals surface area contributed by atoms with Crippen LogP contribution in [0.5, 0.6) is 0 Å². The number of carbonyl (C=O) groups is 2. The van der Waals surface area contributed by atoms with E-state index < -0.39 is 15.9 Å². The number of alkyl halides is 1. The normalized spacial score (nSPS) is 19.8. The largest absolute Gasteiger partial charge is 0.479 e. The summed E-state index contributed by atoms with van der Waals surface area (Å²) in [7, 11) is 0. The molecule has 124 valence electrons. The van der Waals surface area contributed by atoms with Gasteiger partial charge in [0.05, 0.1) is 16.7 Å². The van der Waals surface area contributed by atoms with Crippen LogP contribution >= 0.6 is 23.4 Å². The molecule has 1 aliphatic rings. The second-order valence-electron chi connectivity index (χ2n) is 5.04. The Morgan fingerprint density at radius 3 is 2.57 bits per heavy atom. The van der Waals surface area contributed by atoms with E-state index in [1.165, 1.54) is 40.9 Å². The number of halogens is 1. The number of non-ortho nitro benzene ring substituents is 1. The van der Waals surface area contributed by atoms with Crippen molar-refractivity contribution < 1.29 is 19.6 Å². The zero-order valence-electron chi connectivity index (χ0n) is 12.3. The van der Waals surface area contributed by atoms with Gasteiger partial charge >= 0.3 is 5.97 Å². The van der Waals surface area contributed by atoms with Gasteiger partial charge in [0.1, 0.15) is 0 Å². The number of carbonyl (C=O) groups excluding carboxylic acids is 1. The number of aliphatic carboxylic acids is 1. The average molecular weight is 359 g/mol. The maximum absolute atomic E-state index is 11.9. The lowest BCUT2D eigenvalue weighted by Gasteiger charge is -2.47. The van der Waals surface area contributed by atoms with Gasteiger partial charge in [-0.15, -0.1) is 11.8 Å². The number of carboxylic acids is 1. The van der Waals surface area contributed by atoms with Crippen LogP contribution < -0.4 is 0 Å². The Labute approximate surface area is 141 Å². The molecule has 1 N–H and O–H groups in total. The molecule has 0 radical (unpaired) electrons. The van der Waals surface area contributed by atoms with Crippen molar-refractivity contribution in [2.24, 2.45) is 0 Å². The fourth-order valence-corrected chi connectivity index (χ4v) is 3.92. The Morgan fingerprint density at radius 2 is 2.13 bits per heavy atom. The highest BCUT2D eigenvalue weighted by molar-refractivity contribution is 7.99. The highest BCUT2D eigenvalue weighted by Gasteiger charge is 2.54. The molecule has 0 bridgehead atoms. The Balaban J connectivity index is 2.25. The highest BCUT2D eigenvalue weighted by atomic mass is 35.5. The number of thioether (sulfide) groups is 1. The third-order valence-electron chi connectivity index (χ3n) is 3.56. The van der Waals surface area contributed by atoms with Gasteiger partial charge in [0.15, 0.2) is 0 Å². The van der Waals surface area contributed by atoms with Gasteiger partial charge < -0.3 is 10.0 Å². The molecule has 0 spiro atoms. The Morgan fingerprint density at radius 1 is 1.52 bits per heavy atom. The zero-order chi connectivity index (χ0) is 17.2. The highest BCUT2D eigenvalue weighted by Crippen LogP contribution is 2.40. The predicted octanol–water partition coefficient (Wildman–Crippen LogP) is 2.47. The van der Waals surface area contributed by atoms with Gasteiger partial charge in [-0.1, -0.05) is 30.7 Å². The summed E-state index contributed by atoms with van der Waals surface area (Å²) in [5, 5.41) is 19.9. The molecule has 1 aromatic carbocycles. The van der Waals surface area contributed by atoms with E-state index in [-0.39, 0.29) is 29.8 Å². The standard InChI is InChI=1S/C14H15ClN2O5S/c1-2-23-12-7-11(18)16(12)14(15,13(19)20)8-9-3-5-10(6-4-9)17(21)22/h3-6,12H,2,7-8H2,1H3,(H,19,20). The van der Waals surface area contributed by atoms with Gasteiger partial charge in [-0.2, -0.15) is 0 Å². The molecule has 2 unspecified atom stereocenters. The Hall–Kier alpha value is -1.80. The average Bonchev–Trinajstić information content (AvgIpc) is 2.46. The number of likely N-dealkylation sites (tertiary alicyclic amines) is 1. The van der Waals surface area contributed by atoms with Gasteiger partial charge in [0, 0.05) is 18.6 Å². The fourth-order valence-electron chi connectivity index (χ4n) is 2.41. The lowest BCUT2D eigenvalue weighted by molar-refractivity contribution is -0.384. The number of hydrogen-bond donors (Lipinski definition) is 1. The van der Waals surface area contributed by atoms with Crippen LogP contribution in [0, 0.1) is 10.1 Å². The second kappa shape index (κ2) is 6.76. The minimum atomic E-state index is -1.89. The summed E-state index contributed by atoms with van der Waals surface area (Å²) < 4.78 is 0. The van der Waals surface area contributed by atoms with Crippen LogP contribution in [-0.2, 0) is 16.0 Å². The van der Waals surface area contributed by atoms with E-state index in [0.717, 1.165) is 5.75 Å². The number of amides is 1. The van der Waals surface area contributed by atoms with Crippen molar-refractivity contribution in [3.8, 4) is 0 Å². The summed E-state index contributed by atoms with van der Waals surface area (Å²) in [5.41, 5.74) is 0.414. The van der Waals surface area contributed by atoms with Crippen molar-refractivity contribution in [1.82, 2.24) is 4.90 Å². The molecule has 0 aliphatic carbocycles. The lowest BCUT2D eigenvalue weighted by Crippen LogP contribution is -2.64. The van der Waals surface area contributed by atoms with E-state index in [1.807, 2.05) is 6.92 Å². The molecule has 0 saturated carbocycles. The minimum absolute atomic E-state index is 0.0938. The number of benzene rings is 1. The molecule has 9 heteroatoms. The summed E-state index contributed by atoms with van der Waals surface area (Å²) >= 11 is 7.76. The quantitative estimate of drug-likeness (QED) is 0.264. The minimum Gasteiger partial charge on any atom is -0.479 e. The predicted molar refractivity (Wildman–Crippen MR) is 86.4 cm³/mol. The van der Waals surface area contributed by atoms with Crippen LogP contribution in [0.25, 0.3) is 0 Å². The molecule has 7 nitrogen and oxygen atoms in total. The third kappa shape index (κ3) is 3.42. The number of nitro groups is 1. The van der Waals surface area contributed by atoms with Crippen LogP contribution in [0.4, 0.5) is 5.69 Å². The van der Waals surface area contributed by atoms with Gasteiger partial charge in [0.25, 0.3) is 5.69 Å². The molecular formula is C14H15ClN2O5S. The van der Waals surface area contributed by atoms with E-state index >= 15 is 0 Å². The summed E-state index contributed by atoms with van der Waals surface area (Å²) in [6.07, 6.45) is 0.134. The van der Waals surface area contributed by atoms with Crippen LogP contribution in [0.1, 0.15) is 18.9 Å². The fraction of sp³-hybridized carbons (Fsp3) is 0.429. The summed E-state index contributed by atoms with van der Waals surface area (Å²) in [6.45, 7) is 1.92. The number of carboxylic acid groups (broad SMARTS) is 1. The van der Waals surface area contributed by atoms with E-state index in [9.17, 15) is 24.8 Å². The molecule has 2 atom stereocenters. The van der Waals surface area contributed by atoms with Crippen molar-refractivity contribution >= 4 is 40.9 Å². The molecule has 23 heavy (non-hydrogen) atoms. The maximum Gasteiger partial charge on any atom is 0.345 e. The summed E-state index contributed by atoms with van der Waals surface area (Å²) in [6, 6.07) is 5.46. The van der Waals surface area contributed by atoms with Gasteiger partial charge in [-0.3, -0.25) is 14.9 Å². The van der Waals surface area contributed by atoms with Gasteiger partial charge in [-0.25, -0.2) is 4.79 Å². The van der Waals surface area contributed by atoms with Crippen molar-refractivity contribution in [3.63, 3.8) is 0 Å². The molecule has 1 saturated heterocycles. The van der Waals surface area contributed by atoms with E-state index in [2.05, 4.69) is 0 Å². The second-order valence-corrected chi connectivity index (χ2v) is 7.12. The van der Waals surface area contributed by atoms with Crippen LogP contribution in [0.2, 0.25) is 0 Å². The molecule has 2 rings (SSSR count). The first kappa shape index (κ1) is 17.6. The number of rotatable bonds is 7. The van der Waals surface area contributed by atoms with Crippen molar-refractivity contribution in [2.75, 3.05) is 5.75 Å². The zero-order valence-corrected chi connectivity index (χ0v) is 13.8. The van der Waals surface area contributed by atoms with Gasteiger partial charge in [0.2, 0.25) is 10.9 Å². The molecule has 1 fully saturated rings. The number of β-lactam (4-membered cyclic amide) rings is 1. The van der Waals surface area contributed by atoms with Crippen molar-refractivity contribution in [2.45, 2.75) is 30.1 Å². The molecule has 1 aliphatic heterocycles. The molecule has 1 amide bonds. The third-order valence-corrected chi connectivity index (χ3v) is 5.13. The molecule has 1 aromatic rings. The van der Waals surface area contributed by atoms with Crippen LogP contribution in [0.15, 0.2) is 24.3 Å². The SMILES string of the molecule is CCSC1CC(=O)N1C(Cl)(Cc1ccc([N+](=O)[O-])cc1)C(=O)O. The molecular weight excluding hydrogens is 344 g/mol. The van der Waals surface area contributed by atoms with Crippen molar-refractivity contribution in [3.05, 3.63) is 39.9 Å². The van der Waals surface area contributed by atoms with Crippen LogP contribution in [-0.4, -0.2) is 42.9 Å². The number of hydrogen-bond acceptors (Lipinski definition) is 5. The Kier molecular flexibility index (Phi) is 5.16.